The summed E-state index contributed by atoms with van der Waals surface area (Å²) in [4.78, 5) is 58.1. The summed E-state index contributed by atoms with van der Waals surface area (Å²) in [5.41, 5.74) is 1.56. The molecule has 0 fully saturated rings. The van der Waals surface area contributed by atoms with Gasteiger partial charge in [0.25, 0.3) is 11.5 Å². The van der Waals surface area contributed by atoms with Gasteiger partial charge in [0.05, 0.1) is 33.4 Å². The first-order valence-corrected chi connectivity index (χ1v) is 13.6. The molecule has 0 unspecified atom stereocenters. The van der Waals surface area contributed by atoms with Crippen LogP contribution in [0.25, 0.3) is 22.2 Å². The van der Waals surface area contributed by atoms with E-state index in [1.807, 2.05) is 0 Å². The molecule has 0 aliphatic carbocycles. The molecule has 5 rings (SSSR count). The first-order chi connectivity index (χ1) is 20.7. The zero-order chi connectivity index (χ0) is 30.7. The van der Waals surface area contributed by atoms with E-state index in [1.165, 1.54) is 24.4 Å². The van der Waals surface area contributed by atoms with Crippen molar-refractivity contribution in [3.8, 4) is 11.1 Å². The second-order valence-electron chi connectivity index (χ2n) is 9.36. The first-order valence-electron chi connectivity index (χ1n) is 12.9. The monoisotopic (exact) mass is 621 g/mol. The fraction of sp³-hybridized carbons (Fsp3) is 0.172. The van der Waals surface area contributed by atoms with Crippen molar-refractivity contribution in [1.82, 2.24) is 29.1 Å². The number of esters is 1. The summed E-state index contributed by atoms with van der Waals surface area (Å²) in [7, 11) is 4.68. The Hall–Kier alpha value is -4.94. The van der Waals surface area contributed by atoms with Gasteiger partial charge in [0.15, 0.2) is 5.65 Å². The number of aryl methyl sites for hydroxylation is 1. The van der Waals surface area contributed by atoms with Gasteiger partial charge in [0.2, 0.25) is 5.95 Å². The number of halogens is 2. The fourth-order valence-corrected chi connectivity index (χ4v) is 4.95. The maximum atomic E-state index is 13.3. The number of nitrogens with zero attached hydrogens (tertiary/aromatic N) is 6. The van der Waals surface area contributed by atoms with Gasteiger partial charge < -0.3 is 24.4 Å². The van der Waals surface area contributed by atoms with Crippen molar-refractivity contribution in [2.45, 2.75) is 0 Å². The minimum atomic E-state index is -0.516. The molecule has 0 radical (unpaired) electrons. The Morgan fingerprint density at radius 2 is 1.86 bits per heavy atom. The van der Waals surface area contributed by atoms with Crippen LogP contribution < -0.4 is 15.7 Å². The minimum absolute atomic E-state index is 0.0159. The molecule has 220 valence electrons. The summed E-state index contributed by atoms with van der Waals surface area (Å²) in [5.74, 6) is -0.634. The smallest absolute Gasteiger partial charge is 0.339 e. The van der Waals surface area contributed by atoms with Crippen LogP contribution in [0, 0.1) is 0 Å². The molecular weight excluding hydrogens is 597 g/mol. The molecule has 0 spiro atoms. The number of likely N-dealkylation sites (N-methyl/N-ethyl adjacent to an activating group) is 1. The first kappa shape index (κ1) is 29.5. The minimum Gasteiger partial charge on any atom is -0.460 e. The van der Waals surface area contributed by atoms with E-state index >= 15 is 0 Å². The molecule has 0 saturated carbocycles. The third kappa shape index (κ3) is 6.15. The van der Waals surface area contributed by atoms with Gasteiger partial charge in [-0.3, -0.25) is 14.6 Å². The average Bonchev–Trinajstić information content (AvgIpc) is 3.36. The highest BCUT2D eigenvalue weighted by atomic mass is 35.5. The molecule has 12 nitrogen and oxygen atoms in total. The third-order valence-electron chi connectivity index (χ3n) is 6.50. The molecule has 1 N–H and O–H groups in total. The molecule has 5 aromatic rings. The molecule has 0 saturated heterocycles. The number of carbonyl (C=O) groups is 2. The second kappa shape index (κ2) is 12.5. The summed E-state index contributed by atoms with van der Waals surface area (Å²) in [6.45, 7) is 0.199. The molecule has 0 aliphatic heterocycles. The van der Waals surface area contributed by atoms with Gasteiger partial charge in [0.1, 0.15) is 19.4 Å². The summed E-state index contributed by atoms with van der Waals surface area (Å²) in [6, 6.07) is 11.5. The number of ether oxygens (including phenoxy) is 1. The lowest BCUT2D eigenvalue weighted by molar-refractivity contribution is 0.0450. The van der Waals surface area contributed by atoms with Gasteiger partial charge in [-0.2, -0.15) is 4.98 Å². The number of benzene rings is 1. The van der Waals surface area contributed by atoms with Crippen molar-refractivity contribution in [2.75, 3.05) is 32.6 Å². The number of anilines is 2. The van der Waals surface area contributed by atoms with Crippen LogP contribution in [0.15, 0.2) is 72.0 Å². The van der Waals surface area contributed by atoms with Crippen LogP contribution in [0.2, 0.25) is 10.0 Å². The van der Waals surface area contributed by atoms with Crippen LogP contribution in [0.1, 0.15) is 20.8 Å². The number of pyridine rings is 2. The summed E-state index contributed by atoms with van der Waals surface area (Å²) in [5, 5.41) is 4.20. The van der Waals surface area contributed by atoms with Gasteiger partial charge in [-0.05, 0) is 36.4 Å². The number of hydrogen-bond acceptors (Lipinski definition) is 9. The topological polar surface area (TPSA) is 133 Å². The van der Waals surface area contributed by atoms with Crippen LogP contribution in [0.3, 0.4) is 0 Å². The predicted octanol–water partition coefficient (Wildman–Crippen LogP) is 4.23. The Balaban J connectivity index is 1.32. The maximum absolute atomic E-state index is 13.3. The maximum Gasteiger partial charge on any atom is 0.339 e. The van der Waals surface area contributed by atoms with Crippen LogP contribution in [-0.4, -0.2) is 68.3 Å². The van der Waals surface area contributed by atoms with E-state index in [0.29, 0.717) is 37.9 Å². The number of amides is 1. The van der Waals surface area contributed by atoms with Crippen LogP contribution in [-0.2, 0) is 11.8 Å². The van der Waals surface area contributed by atoms with Crippen molar-refractivity contribution < 1.29 is 19.2 Å². The van der Waals surface area contributed by atoms with E-state index in [1.54, 1.807) is 73.5 Å². The molecule has 0 aliphatic rings. The van der Waals surface area contributed by atoms with Crippen molar-refractivity contribution >= 4 is 57.7 Å². The third-order valence-corrected chi connectivity index (χ3v) is 7.13. The lowest BCUT2D eigenvalue weighted by atomic mass is 10.1. The summed E-state index contributed by atoms with van der Waals surface area (Å²) in [6.07, 6.45) is 6.20. The predicted molar refractivity (Wildman–Crippen MR) is 162 cm³/mol. The van der Waals surface area contributed by atoms with Crippen molar-refractivity contribution in [2.24, 2.45) is 7.05 Å². The molecule has 0 atom stereocenters. The number of nitrogens with one attached hydrogen (secondary N) is 1. The largest absolute Gasteiger partial charge is 0.460 e. The van der Waals surface area contributed by atoms with Crippen molar-refractivity contribution in [3.63, 3.8) is 0 Å². The zero-order valence-corrected chi connectivity index (χ0v) is 24.8. The van der Waals surface area contributed by atoms with Crippen molar-refractivity contribution in [1.29, 1.82) is 0 Å². The molecule has 1 amide bonds. The highest BCUT2D eigenvalue weighted by Gasteiger charge is 2.20. The molecule has 14 heteroatoms. The fourth-order valence-electron chi connectivity index (χ4n) is 4.35. The number of rotatable bonds is 9. The Bertz CT molecular complexity index is 1870. The van der Waals surface area contributed by atoms with Gasteiger partial charge in [0, 0.05) is 49.8 Å². The molecule has 4 heterocycles. The van der Waals surface area contributed by atoms with E-state index in [0.717, 1.165) is 4.73 Å². The Labute approximate surface area is 255 Å². The highest BCUT2D eigenvalue weighted by molar-refractivity contribution is 6.39. The zero-order valence-electron chi connectivity index (χ0n) is 23.2. The van der Waals surface area contributed by atoms with E-state index in [2.05, 4.69) is 20.3 Å². The average molecular weight is 622 g/mol. The lowest BCUT2D eigenvalue weighted by Gasteiger charge is -2.17. The van der Waals surface area contributed by atoms with Gasteiger partial charge in [-0.1, -0.05) is 29.3 Å². The Kier molecular flexibility index (Phi) is 8.60. The van der Waals surface area contributed by atoms with E-state index in [9.17, 15) is 14.4 Å². The van der Waals surface area contributed by atoms with E-state index in [4.69, 9.17) is 32.8 Å². The Morgan fingerprint density at radius 1 is 1.09 bits per heavy atom. The van der Waals surface area contributed by atoms with Crippen LogP contribution in [0.4, 0.5) is 11.6 Å². The van der Waals surface area contributed by atoms with Crippen LogP contribution in [0.5, 0.6) is 0 Å². The van der Waals surface area contributed by atoms with Gasteiger partial charge in [-0.15, -0.1) is 4.73 Å². The number of hydrogen-bond donors (Lipinski definition) is 1. The highest BCUT2D eigenvalue weighted by Crippen LogP contribution is 2.33. The van der Waals surface area contributed by atoms with E-state index < -0.39 is 11.5 Å². The SMILES string of the molecule is COn1c(=O)c(-c2c(Cl)cccc2Cl)cc2cnc(Nc3cc(C(=O)N(C)CCOC(=O)c4cccnc4)n(C)c3)nc21. The van der Waals surface area contributed by atoms with Gasteiger partial charge >= 0.3 is 5.97 Å². The number of aromatic nitrogens is 5. The normalized spacial score (nSPS) is 10.9. The molecule has 4 aromatic heterocycles. The lowest BCUT2D eigenvalue weighted by Crippen LogP contribution is -2.31. The number of fused-ring (bicyclic) bond motifs is 1. The summed E-state index contributed by atoms with van der Waals surface area (Å²) >= 11 is 12.7. The molecular formula is C29H25Cl2N7O5. The quantitative estimate of drug-likeness (QED) is 0.240. The molecule has 0 bridgehead atoms. The number of carbonyl (C=O) groups excluding carboxylic acids is 2. The summed E-state index contributed by atoms with van der Waals surface area (Å²) < 4.78 is 7.93. The van der Waals surface area contributed by atoms with Crippen LogP contribution >= 0.6 is 23.2 Å². The standard InChI is InChI=1S/C29H25Cl2N7O5/c1-36(10-11-43-28(41)17-6-5-9-32-14-17)27(40)23-13-19(16-37(23)2)34-29-33-15-18-12-20(24-21(30)7-4-8-22(24)31)26(39)38(42-3)25(18)35-29/h4-9,12-16H,10-11H2,1-3H3,(H,33,34,35). The van der Waals surface area contributed by atoms with Crippen molar-refractivity contribution in [3.05, 3.63) is 98.9 Å². The Morgan fingerprint density at radius 3 is 2.56 bits per heavy atom. The van der Waals surface area contributed by atoms with Gasteiger partial charge in [-0.25, -0.2) is 9.78 Å². The molecule has 1 aromatic carbocycles. The van der Waals surface area contributed by atoms with E-state index in [-0.39, 0.29) is 36.2 Å². The molecule has 43 heavy (non-hydrogen) atoms. The second-order valence-corrected chi connectivity index (χ2v) is 10.2.